The average Bonchev–Trinajstić information content (AvgIpc) is 2.88. The highest BCUT2D eigenvalue weighted by atomic mass is 79.9. The second-order valence-corrected chi connectivity index (χ2v) is 7.49. The van der Waals surface area contributed by atoms with Gasteiger partial charge < -0.3 is 10.4 Å². The van der Waals surface area contributed by atoms with Crippen LogP contribution in [0.4, 0.5) is 0 Å². The van der Waals surface area contributed by atoms with Gasteiger partial charge in [-0.2, -0.15) is 11.8 Å². The Balaban J connectivity index is 1.82. The predicted molar refractivity (Wildman–Crippen MR) is 86.7 cm³/mol. The van der Waals surface area contributed by atoms with Gasteiger partial charge in [0.15, 0.2) is 0 Å². The molecule has 0 aromatic heterocycles. The molecule has 1 aromatic rings. The molecule has 1 aliphatic rings. The van der Waals surface area contributed by atoms with Crippen molar-refractivity contribution in [2.24, 2.45) is 0 Å². The zero-order valence-corrected chi connectivity index (χ0v) is 13.8. The zero-order valence-electron chi connectivity index (χ0n) is 11.4. The van der Waals surface area contributed by atoms with Crippen molar-refractivity contribution in [3.8, 4) is 0 Å². The summed E-state index contributed by atoms with van der Waals surface area (Å²) in [6, 6.07) is 7.89. The first-order valence-electron chi connectivity index (χ1n) is 6.85. The Labute approximate surface area is 128 Å². The molecule has 1 unspecified atom stereocenters. The van der Waals surface area contributed by atoms with Crippen molar-refractivity contribution in [1.82, 2.24) is 5.32 Å². The van der Waals surface area contributed by atoms with Crippen LogP contribution in [0, 0.1) is 0 Å². The average molecular weight is 344 g/mol. The standard InChI is InChI=1S/C15H22BrNOS/c1-19-15(7-2-3-8-15)11-17-10-14(18)12-5-4-6-13(16)9-12/h4-6,9,14,17-18H,2-3,7-8,10-11H2,1H3. The van der Waals surface area contributed by atoms with E-state index in [1.165, 1.54) is 25.7 Å². The van der Waals surface area contributed by atoms with Gasteiger partial charge in [-0.15, -0.1) is 0 Å². The first-order chi connectivity index (χ1) is 9.15. The summed E-state index contributed by atoms with van der Waals surface area (Å²) < 4.78 is 1.41. The summed E-state index contributed by atoms with van der Waals surface area (Å²) in [6.07, 6.45) is 7.06. The molecular weight excluding hydrogens is 322 g/mol. The van der Waals surface area contributed by atoms with Gasteiger partial charge in [-0.25, -0.2) is 0 Å². The molecule has 106 valence electrons. The van der Waals surface area contributed by atoms with Gasteiger partial charge in [-0.1, -0.05) is 40.9 Å². The highest BCUT2D eigenvalue weighted by molar-refractivity contribution is 9.10. The van der Waals surface area contributed by atoms with Crippen molar-refractivity contribution >= 4 is 27.7 Å². The molecule has 1 fully saturated rings. The van der Waals surface area contributed by atoms with Crippen molar-refractivity contribution in [3.63, 3.8) is 0 Å². The maximum absolute atomic E-state index is 10.2. The minimum atomic E-state index is -0.433. The second-order valence-electron chi connectivity index (χ2n) is 5.30. The molecule has 2 rings (SSSR count). The maximum Gasteiger partial charge on any atom is 0.0914 e. The van der Waals surface area contributed by atoms with Crippen molar-refractivity contribution in [1.29, 1.82) is 0 Å². The summed E-state index contributed by atoms with van der Waals surface area (Å²) >= 11 is 5.42. The minimum absolute atomic E-state index is 0.400. The molecule has 2 nitrogen and oxygen atoms in total. The van der Waals surface area contributed by atoms with Crippen LogP contribution in [0.25, 0.3) is 0 Å². The molecule has 1 aromatic carbocycles. The fraction of sp³-hybridized carbons (Fsp3) is 0.600. The molecule has 0 spiro atoms. The molecule has 1 saturated carbocycles. The summed E-state index contributed by atoms with van der Waals surface area (Å²) in [6.45, 7) is 1.62. The molecule has 0 saturated heterocycles. The molecule has 1 atom stereocenters. The second kappa shape index (κ2) is 7.11. The molecule has 0 bridgehead atoms. The SMILES string of the molecule is CSC1(CNCC(O)c2cccc(Br)c2)CCCC1. The van der Waals surface area contributed by atoms with Gasteiger partial charge in [0.1, 0.15) is 0 Å². The van der Waals surface area contributed by atoms with Crippen LogP contribution in [-0.2, 0) is 0 Å². The third-order valence-corrected chi connectivity index (χ3v) is 5.88. The van der Waals surface area contributed by atoms with E-state index in [-0.39, 0.29) is 0 Å². The van der Waals surface area contributed by atoms with Crippen LogP contribution in [0.1, 0.15) is 37.4 Å². The van der Waals surface area contributed by atoms with Gasteiger partial charge in [0.05, 0.1) is 6.10 Å². The number of aliphatic hydroxyl groups excluding tert-OH is 1. The van der Waals surface area contributed by atoms with Crippen molar-refractivity contribution in [2.45, 2.75) is 36.5 Å². The zero-order chi connectivity index (χ0) is 13.7. The summed E-state index contributed by atoms with van der Waals surface area (Å²) in [7, 11) is 0. The molecule has 4 heteroatoms. The van der Waals surface area contributed by atoms with E-state index in [1.54, 1.807) is 0 Å². The van der Waals surface area contributed by atoms with E-state index in [0.29, 0.717) is 11.3 Å². The number of nitrogens with one attached hydrogen (secondary N) is 1. The molecule has 0 radical (unpaired) electrons. The fourth-order valence-electron chi connectivity index (χ4n) is 2.74. The lowest BCUT2D eigenvalue weighted by atomic mass is 10.1. The first kappa shape index (κ1) is 15.4. The molecule has 0 heterocycles. The topological polar surface area (TPSA) is 32.3 Å². The van der Waals surface area contributed by atoms with Gasteiger partial charge in [-0.05, 0) is 36.8 Å². The van der Waals surface area contributed by atoms with Gasteiger partial charge in [0, 0.05) is 22.3 Å². The Hall–Kier alpha value is -0.0300. The quantitative estimate of drug-likeness (QED) is 0.824. The number of benzene rings is 1. The van der Waals surface area contributed by atoms with Crippen LogP contribution in [-0.4, -0.2) is 29.2 Å². The van der Waals surface area contributed by atoms with Crippen LogP contribution in [0.5, 0.6) is 0 Å². The maximum atomic E-state index is 10.2. The molecule has 2 N–H and O–H groups in total. The highest BCUT2D eigenvalue weighted by Crippen LogP contribution is 2.39. The van der Waals surface area contributed by atoms with Crippen LogP contribution in [0.3, 0.4) is 0 Å². The van der Waals surface area contributed by atoms with E-state index in [1.807, 2.05) is 36.0 Å². The van der Waals surface area contributed by atoms with Gasteiger partial charge in [0.25, 0.3) is 0 Å². The summed E-state index contributed by atoms with van der Waals surface area (Å²) in [5.41, 5.74) is 0.964. The Bertz CT molecular complexity index is 407. The number of hydrogen-bond acceptors (Lipinski definition) is 3. The lowest BCUT2D eigenvalue weighted by molar-refractivity contribution is 0.173. The third kappa shape index (κ3) is 4.22. The lowest BCUT2D eigenvalue weighted by Crippen LogP contribution is -2.37. The van der Waals surface area contributed by atoms with Gasteiger partial charge in [0.2, 0.25) is 0 Å². The largest absolute Gasteiger partial charge is 0.387 e. The van der Waals surface area contributed by atoms with Crippen LogP contribution in [0.15, 0.2) is 28.7 Å². The number of thioether (sulfide) groups is 1. The minimum Gasteiger partial charge on any atom is -0.387 e. The molecule has 0 amide bonds. The Kier molecular flexibility index (Phi) is 5.75. The van der Waals surface area contributed by atoms with E-state index in [2.05, 4.69) is 27.5 Å². The van der Waals surface area contributed by atoms with E-state index in [9.17, 15) is 5.11 Å². The monoisotopic (exact) mass is 343 g/mol. The number of hydrogen-bond donors (Lipinski definition) is 2. The van der Waals surface area contributed by atoms with E-state index >= 15 is 0 Å². The summed E-state index contributed by atoms with van der Waals surface area (Å²) in [4.78, 5) is 0. The Morgan fingerprint density at radius 1 is 1.42 bits per heavy atom. The molecule has 0 aliphatic heterocycles. The van der Waals surface area contributed by atoms with Gasteiger partial charge >= 0.3 is 0 Å². The van der Waals surface area contributed by atoms with Crippen molar-refractivity contribution < 1.29 is 5.11 Å². The highest BCUT2D eigenvalue weighted by Gasteiger charge is 2.32. The third-order valence-electron chi connectivity index (χ3n) is 3.97. The molecule has 1 aliphatic carbocycles. The predicted octanol–water partition coefficient (Wildman–Crippen LogP) is 3.75. The van der Waals surface area contributed by atoms with Crippen molar-refractivity contribution in [3.05, 3.63) is 34.3 Å². The van der Waals surface area contributed by atoms with E-state index < -0.39 is 6.10 Å². The number of rotatable bonds is 6. The molecular formula is C15H22BrNOS. The molecule has 19 heavy (non-hydrogen) atoms. The first-order valence-corrected chi connectivity index (χ1v) is 8.86. The smallest absolute Gasteiger partial charge is 0.0914 e. The normalized spacial score (nSPS) is 19.5. The van der Waals surface area contributed by atoms with Gasteiger partial charge in [-0.3, -0.25) is 0 Å². The number of halogens is 1. The van der Waals surface area contributed by atoms with E-state index in [4.69, 9.17) is 0 Å². The van der Waals surface area contributed by atoms with Crippen LogP contribution >= 0.6 is 27.7 Å². The summed E-state index contributed by atoms with van der Waals surface area (Å²) in [5, 5.41) is 13.6. The lowest BCUT2D eigenvalue weighted by Gasteiger charge is -2.27. The Morgan fingerprint density at radius 3 is 2.79 bits per heavy atom. The van der Waals surface area contributed by atoms with Crippen LogP contribution < -0.4 is 5.32 Å². The summed E-state index contributed by atoms with van der Waals surface area (Å²) in [5.74, 6) is 0. The Morgan fingerprint density at radius 2 is 2.16 bits per heavy atom. The van der Waals surface area contributed by atoms with Crippen LogP contribution in [0.2, 0.25) is 0 Å². The fourth-order valence-corrected chi connectivity index (χ4v) is 4.10. The number of aliphatic hydroxyl groups is 1. The van der Waals surface area contributed by atoms with E-state index in [0.717, 1.165) is 16.6 Å². The van der Waals surface area contributed by atoms with Crippen molar-refractivity contribution in [2.75, 3.05) is 19.3 Å².